The first kappa shape index (κ1) is 21.5. The van der Waals surface area contributed by atoms with Gasteiger partial charge in [-0.05, 0) is 44.9 Å². The molecule has 3 N–H and O–H groups in total. The van der Waals surface area contributed by atoms with Crippen LogP contribution >= 0.6 is 24.0 Å². The minimum absolute atomic E-state index is 0. The molecule has 1 atom stereocenters. The highest BCUT2D eigenvalue weighted by molar-refractivity contribution is 14.0. The summed E-state index contributed by atoms with van der Waals surface area (Å²) >= 11 is 0. The number of halogens is 1. The van der Waals surface area contributed by atoms with Gasteiger partial charge in [-0.25, -0.2) is 4.99 Å². The summed E-state index contributed by atoms with van der Waals surface area (Å²) in [5.41, 5.74) is 1.43. The molecule has 0 fully saturated rings. The first-order valence-corrected chi connectivity index (χ1v) is 8.35. The molecule has 1 unspecified atom stereocenters. The van der Waals surface area contributed by atoms with Gasteiger partial charge in [0.2, 0.25) is 0 Å². The number of hydrogen-bond acceptors (Lipinski definition) is 3. The van der Waals surface area contributed by atoms with E-state index in [0.29, 0.717) is 11.7 Å². The summed E-state index contributed by atoms with van der Waals surface area (Å²) in [6, 6.07) is 12.0. The average Bonchev–Trinajstić information content (AvgIpc) is 3.10. The maximum Gasteiger partial charge on any atom is 0.191 e. The number of aryl methyl sites for hydroxylation is 1. The fourth-order valence-corrected chi connectivity index (χ4v) is 2.32. The van der Waals surface area contributed by atoms with Crippen molar-refractivity contribution in [3.63, 3.8) is 0 Å². The maximum absolute atomic E-state index is 10.5. The molecule has 0 aliphatic heterocycles. The van der Waals surface area contributed by atoms with Crippen LogP contribution in [-0.2, 0) is 12.0 Å². The van der Waals surface area contributed by atoms with Gasteiger partial charge >= 0.3 is 0 Å². The number of aliphatic hydroxyl groups is 1. The zero-order chi connectivity index (χ0) is 17.4. The lowest BCUT2D eigenvalue weighted by Gasteiger charge is -2.19. The van der Waals surface area contributed by atoms with Crippen molar-refractivity contribution in [1.82, 2.24) is 10.6 Å². The lowest BCUT2D eigenvalue weighted by atomic mass is 10.0. The van der Waals surface area contributed by atoms with Gasteiger partial charge in [0.1, 0.15) is 11.4 Å². The molecule has 5 nitrogen and oxygen atoms in total. The molecule has 0 amide bonds. The fraction of sp³-hybridized carbons (Fsp3) is 0.421. The van der Waals surface area contributed by atoms with E-state index < -0.39 is 5.60 Å². The molecule has 138 valence electrons. The van der Waals surface area contributed by atoms with Crippen LogP contribution in [0.3, 0.4) is 0 Å². The second-order valence-electron chi connectivity index (χ2n) is 6.11. The Hall–Kier alpha value is -1.54. The number of aliphatic imine (C=N–C) groups is 1. The third-order valence-electron chi connectivity index (χ3n) is 3.77. The van der Waals surface area contributed by atoms with Crippen LogP contribution in [0.15, 0.2) is 52.1 Å². The molecule has 2 aromatic rings. The van der Waals surface area contributed by atoms with Gasteiger partial charge in [-0.1, -0.05) is 29.8 Å². The molecule has 2 rings (SSSR count). The zero-order valence-corrected chi connectivity index (χ0v) is 17.4. The molecule has 1 aromatic heterocycles. The first-order chi connectivity index (χ1) is 11.5. The standard InChI is InChI=1S/C19H27N3O2.HI/c1-4-20-18(21-12-11-16-9-7-15(2)8-10-16)22-14-19(3,23)17-6-5-13-24-17;/h5-10,13,23H,4,11-12,14H2,1-3H3,(H2,20,21,22);1H. The molecule has 0 aliphatic rings. The summed E-state index contributed by atoms with van der Waals surface area (Å²) in [6.07, 6.45) is 2.47. The number of rotatable bonds is 7. The first-order valence-electron chi connectivity index (χ1n) is 8.35. The van der Waals surface area contributed by atoms with E-state index in [1.807, 2.05) is 6.92 Å². The van der Waals surface area contributed by atoms with E-state index in [4.69, 9.17) is 4.42 Å². The third-order valence-corrected chi connectivity index (χ3v) is 3.77. The third kappa shape index (κ3) is 7.07. The maximum atomic E-state index is 10.5. The summed E-state index contributed by atoms with van der Waals surface area (Å²) in [5.74, 6) is 1.21. The molecule has 0 aliphatic carbocycles. The summed E-state index contributed by atoms with van der Waals surface area (Å²) < 4.78 is 5.28. The zero-order valence-electron chi connectivity index (χ0n) is 15.1. The second-order valence-corrected chi connectivity index (χ2v) is 6.11. The van der Waals surface area contributed by atoms with Crippen LogP contribution in [0.2, 0.25) is 0 Å². The van der Waals surface area contributed by atoms with Crippen LogP contribution in [0.4, 0.5) is 0 Å². The van der Waals surface area contributed by atoms with Crippen molar-refractivity contribution < 1.29 is 9.52 Å². The summed E-state index contributed by atoms with van der Waals surface area (Å²) in [5, 5.41) is 17.0. The quantitative estimate of drug-likeness (QED) is 0.339. The van der Waals surface area contributed by atoms with Crippen LogP contribution in [0.1, 0.15) is 30.7 Å². The van der Waals surface area contributed by atoms with Crippen LogP contribution in [-0.4, -0.2) is 30.7 Å². The van der Waals surface area contributed by atoms with E-state index in [2.05, 4.69) is 46.8 Å². The molecule has 0 bridgehead atoms. The Bertz CT molecular complexity index is 637. The fourth-order valence-electron chi connectivity index (χ4n) is 2.32. The van der Waals surface area contributed by atoms with E-state index in [0.717, 1.165) is 19.5 Å². The number of benzene rings is 1. The van der Waals surface area contributed by atoms with Gasteiger partial charge in [-0.15, -0.1) is 24.0 Å². The van der Waals surface area contributed by atoms with Crippen molar-refractivity contribution in [1.29, 1.82) is 0 Å². The van der Waals surface area contributed by atoms with Gasteiger partial charge in [-0.2, -0.15) is 0 Å². The van der Waals surface area contributed by atoms with Crippen LogP contribution < -0.4 is 10.6 Å². The summed E-state index contributed by atoms with van der Waals surface area (Å²) in [4.78, 5) is 4.47. The Labute approximate surface area is 167 Å². The highest BCUT2D eigenvalue weighted by Crippen LogP contribution is 2.20. The topological polar surface area (TPSA) is 69.8 Å². The minimum atomic E-state index is -1.12. The van der Waals surface area contributed by atoms with Crippen LogP contribution in [0, 0.1) is 6.92 Å². The van der Waals surface area contributed by atoms with Gasteiger partial charge in [0.15, 0.2) is 5.96 Å². The SMILES string of the molecule is CCNC(=NCC(C)(O)c1ccco1)NCCc1ccc(C)cc1.I. The van der Waals surface area contributed by atoms with Crippen molar-refractivity contribution in [3.8, 4) is 0 Å². The van der Waals surface area contributed by atoms with Gasteiger partial charge in [0.25, 0.3) is 0 Å². The van der Waals surface area contributed by atoms with E-state index in [1.54, 1.807) is 25.3 Å². The Morgan fingerprint density at radius 3 is 2.52 bits per heavy atom. The Balaban J connectivity index is 0.00000312. The second kappa shape index (κ2) is 10.5. The van der Waals surface area contributed by atoms with Gasteiger partial charge in [-0.3, -0.25) is 0 Å². The normalized spacial score (nSPS) is 13.7. The molecule has 1 aromatic carbocycles. The molecule has 1 heterocycles. The largest absolute Gasteiger partial charge is 0.466 e. The van der Waals surface area contributed by atoms with Crippen molar-refractivity contribution in [2.45, 2.75) is 32.8 Å². The van der Waals surface area contributed by atoms with E-state index >= 15 is 0 Å². The molecule has 0 spiro atoms. The predicted octanol–water partition coefficient (Wildman–Crippen LogP) is 3.21. The molecule has 6 heteroatoms. The number of nitrogens with zero attached hydrogens (tertiary/aromatic N) is 1. The van der Waals surface area contributed by atoms with Crippen LogP contribution in [0.5, 0.6) is 0 Å². The van der Waals surface area contributed by atoms with Crippen molar-refractivity contribution in [3.05, 3.63) is 59.5 Å². The number of hydrogen-bond donors (Lipinski definition) is 3. The van der Waals surface area contributed by atoms with Crippen molar-refractivity contribution >= 4 is 29.9 Å². The highest BCUT2D eigenvalue weighted by atomic mass is 127. The number of nitrogens with one attached hydrogen (secondary N) is 2. The average molecular weight is 457 g/mol. The Morgan fingerprint density at radius 1 is 1.20 bits per heavy atom. The van der Waals surface area contributed by atoms with E-state index in [-0.39, 0.29) is 30.5 Å². The smallest absolute Gasteiger partial charge is 0.191 e. The van der Waals surface area contributed by atoms with E-state index in [1.165, 1.54) is 11.1 Å². The van der Waals surface area contributed by atoms with Gasteiger partial charge < -0.3 is 20.2 Å². The lowest BCUT2D eigenvalue weighted by Crippen LogP contribution is -2.39. The monoisotopic (exact) mass is 457 g/mol. The Kier molecular flexibility index (Phi) is 8.99. The van der Waals surface area contributed by atoms with Crippen molar-refractivity contribution in [2.24, 2.45) is 4.99 Å². The van der Waals surface area contributed by atoms with Crippen LogP contribution in [0.25, 0.3) is 0 Å². The predicted molar refractivity (Wildman–Crippen MR) is 113 cm³/mol. The molecule has 0 saturated heterocycles. The molecule has 0 saturated carbocycles. The Morgan fingerprint density at radius 2 is 1.92 bits per heavy atom. The summed E-state index contributed by atoms with van der Waals surface area (Å²) in [6.45, 7) is 7.56. The molecule has 25 heavy (non-hydrogen) atoms. The molecular weight excluding hydrogens is 429 g/mol. The molecular formula is C19H28IN3O2. The minimum Gasteiger partial charge on any atom is -0.466 e. The lowest BCUT2D eigenvalue weighted by molar-refractivity contribution is 0.0437. The highest BCUT2D eigenvalue weighted by Gasteiger charge is 2.25. The number of guanidine groups is 1. The van der Waals surface area contributed by atoms with Gasteiger partial charge in [0, 0.05) is 13.1 Å². The molecule has 0 radical (unpaired) electrons. The van der Waals surface area contributed by atoms with Gasteiger partial charge in [0.05, 0.1) is 12.8 Å². The summed E-state index contributed by atoms with van der Waals surface area (Å²) in [7, 11) is 0. The number of furan rings is 1. The van der Waals surface area contributed by atoms with E-state index in [9.17, 15) is 5.11 Å². The van der Waals surface area contributed by atoms with Crippen molar-refractivity contribution in [2.75, 3.05) is 19.6 Å².